The summed E-state index contributed by atoms with van der Waals surface area (Å²) in [7, 11) is 1.98. The molecule has 0 aromatic carbocycles. The number of carbonyl (C=O) groups excluding carboxylic acids is 1. The number of hydrogen-bond acceptors (Lipinski definition) is 2. The molecule has 0 heterocycles. The highest BCUT2D eigenvalue weighted by Gasteiger charge is 2.53. The third-order valence-electron chi connectivity index (χ3n) is 6.30. The summed E-state index contributed by atoms with van der Waals surface area (Å²) < 4.78 is 0. The van der Waals surface area contributed by atoms with Crippen molar-refractivity contribution in [1.29, 1.82) is 0 Å². The van der Waals surface area contributed by atoms with Crippen LogP contribution in [0.1, 0.15) is 51.4 Å². The number of hydrogen-bond donors (Lipinski definition) is 1. The molecule has 20 heavy (non-hydrogen) atoms. The van der Waals surface area contributed by atoms with Gasteiger partial charge in [-0.25, -0.2) is 0 Å². The van der Waals surface area contributed by atoms with Gasteiger partial charge >= 0.3 is 0 Å². The first kappa shape index (κ1) is 14.6. The van der Waals surface area contributed by atoms with Crippen molar-refractivity contribution in [3.8, 4) is 0 Å². The van der Waals surface area contributed by atoms with Crippen LogP contribution in [0.4, 0.5) is 0 Å². The van der Waals surface area contributed by atoms with Gasteiger partial charge in [-0.1, -0.05) is 0 Å². The van der Waals surface area contributed by atoms with E-state index in [1.807, 2.05) is 11.9 Å². The van der Waals surface area contributed by atoms with Gasteiger partial charge in [-0.15, -0.1) is 12.4 Å². The fraction of sp³-hybridized carbons (Fsp3) is 0.938. The van der Waals surface area contributed by atoms with E-state index in [1.54, 1.807) is 0 Å². The van der Waals surface area contributed by atoms with Crippen molar-refractivity contribution in [2.45, 2.75) is 56.9 Å². The molecular formula is C16H27ClN2O. The summed E-state index contributed by atoms with van der Waals surface area (Å²) in [5.41, 5.74) is 6.03. The molecule has 0 unspecified atom stereocenters. The Morgan fingerprint density at radius 3 is 1.95 bits per heavy atom. The molecule has 5 aliphatic carbocycles. The molecule has 3 nitrogen and oxygen atoms in total. The van der Waals surface area contributed by atoms with Crippen LogP contribution in [0.25, 0.3) is 0 Å². The molecule has 5 rings (SSSR count). The van der Waals surface area contributed by atoms with E-state index in [1.165, 1.54) is 38.5 Å². The van der Waals surface area contributed by atoms with Crippen LogP contribution in [0.5, 0.6) is 0 Å². The molecular weight excluding hydrogens is 272 g/mol. The Balaban J connectivity index is 0.00000121. The van der Waals surface area contributed by atoms with Crippen molar-refractivity contribution in [3.63, 3.8) is 0 Å². The quantitative estimate of drug-likeness (QED) is 0.870. The van der Waals surface area contributed by atoms with Gasteiger partial charge in [0.1, 0.15) is 0 Å². The van der Waals surface area contributed by atoms with Gasteiger partial charge in [0, 0.05) is 13.6 Å². The lowest BCUT2D eigenvalue weighted by Gasteiger charge is -2.57. The molecule has 0 saturated heterocycles. The van der Waals surface area contributed by atoms with Crippen molar-refractivity contribution in [2.75, 3.05) is 13.6 Å². The number of amides is 1. The zero-order valence-corrected chi connectivity index (χ0v) is 13.3. The Morgan fingerprint density at radius 1 is 1.10 bits per heavy atom. The summed E-state index contributed by atoms with van der Waals surface area (Å²) in [6, 6.07) is 0. The monoisotopic (exact) mass is 298 g/mol. The van der Waals surface area contributed by atoms with Crippen molar-refractivity contribution in [3.05, 3.63) is 0 Å². The van der Waals surface area contributed by atoms with Crippen molar-refractivity contribution in [1.82, 2.24) is 4.90 Å². The van der Waals surface area contributed by atoms with Crippen LogP contribution >= 0.6 is 12.4 Å². The largest absolute Gasteiger partial charge is 0.344 e. The number of rotatable bonds is 3. The maximum absolute atomic E-state index is 12.4. The normalized spacial score (nSPS) is 43.0. The van der Waals surface area contributed by atoms with Crippen LogP contribution < -0.4 is 5.73 Å². The van der Waals surface area contributed by atoms with E-state index in [-0.39, 0.29) is 18.3 Å². The molecule has 5 saturated carbocycles. The second-order valence-electron chi connectivity index (χ2n) is 8.23. The Labute approximate surface area is 128 Å². The first-order chi connectivity index (χ1) is 8.98. The maximum atomic E-state index is 12.4. The minimum absolute atomic E-state index is 0. The second-order valence-corrected chi connectivity index (χ2v) is 8.23. The highest BCUT2D eigenvalue weighted by molar-refractivity contribution is 5.88. The Hall–Kier alpha value is -0.280. The second kappa shape index (κ2) is 4.61. The predicted molar refractivity (Wildman–Crippen MR) is 81.6 cm³/mol. The summed E-state index contributed by atoms with van der Waals surface area (Å²) in [4.78, 5) is 14.3. The van der Waals surface area contributed by atoms with Crippen LogP contribution in [-0.2, 0) is 4.79 Å². The summed E-state index contributed by atoms with van der Waals surface area (Å²) in [5, 5.41) is 0. The summed E-state index contributed by atoms with van der Waals surface area (Å²) in [6.07, 6.45) is 10.3. The van der Waals surface area contributed by atoms with E-state index in [2.05, 4.69) is 0 Å². The van der Waals surface area contributed by atoms with Gasteiger partial charge in [0.05, 0.1) is 5.54 Å². The van der Waals surface area contributed by atoms with E-state index < -0.39 is 5.54 Å². The summed E-state index contributed by atoms with van der Waals surface area (Å²) >= 11 is 0. The van der Waals surface area contributed by atoms with Crippen LogP contribution in [0.3, 0.4) is 0 Å². The fourth-order valence-electron chi connectivity index (χ4n) is 5.79. The lowest BCUT2D eigenvalue weighted by Crippen LogP contribution is -2.53. The molecule has 0 atom stereocenters. The lowest BCUT2D eigenvalue weighted by atomic mass is 9.49. The van der Waals surface area contributed by atoms with Gasteiger partial charge in [0.25, 0.3) is 0 Å². The van der Waals surface area contributed by atoms with Gasteiger partial charge in [-0.05, 0) is 74.5 Å². The van der Waals surface area contributed by atoms with Crippen LogP contribution in [-0.4, -0.2) is 29.9 Å². The number of likely N-dealkylation sites (N-methyl/N-ethyl adjacent to an activating group) is 1. The van der Waals surface area contributed by atoms with E-state index in [0.29, 0.717) is 5.41 Å². The highest BCUT2D eigenvalue weighted by atomic mass is 35.5. The SMILES string of the molecule is CN(CC12CC3CC(CC(C3)C1)C2)C(=O)C1(N)CC1.Cl. The molecule has 0 radical (unpaired) electrons. The molecule has 1 amide bonds. The lowest BCUT2D eigenvalue weighted by molar-refractivity contribution is -0.137. The summed E-state index contributed by atoms with van der Waals surface area (Å²) in [5.74, 6) is 3.08. The molecule has 0 aromatic rings. The topological polar surface area (TPSA) is 46.3 Å². The third-order valence-corrected chi connectivity index (χ3v) is 6.30. The minimum atomic E-state index is -0.489. The predicted octanol–water partition coefficient (Wildman–Crippen LogP) is 2.57. The van der Waals surface area contributed by atoms with Crippen molar-refractivity contribution < 1.29 is 4.79 Å². The molecule has 4 heteroatoms. The number of halogens is 1. The highest BCUT2D eigenvalue weighted by Crippen LogP contribution is 2.60. The Kier molecular flexibility index (Phi) is 3.37. The molecule has 2 N–H and O–H groups in total. The molecule has 0 spiro atoms. The fourth-order valence-corrected chi connectivity index (χ4v) is 5.79. The number of nitrogens with two attached hydrogens (primary N) is 1. The molecule has 0 aliphatic heterocycles. The van der Waals surface area contributed by atoms with Gasteiger partial charge < -0.3 is 10.6 Å². The first-order valence-electron chi connectivity index (χ1n) is 8.03. The Morgan fingerprint density at radius 2 is 1.55 bits per heavy atom. The van der Waals surface area contributed by atoms with Crippen LogP contribution in [0, 0.1) is 23.2 Å². The molecule has 5 aliphatic rings. The van der Waals surface area contributed by atoms with Gasteiger partial charge in [0.2, 0.25) is 5.91 Å². The van der Waals surface area contributed by atoms with Crippen LogP contribution in [0.2, 0.25) is 0 Å². The molecule has 5 fully saturated rings. The van der Waals surface area contributed by atoms with Crippen molar-refractivity contribution >= 4 is 18.3 Å². The zero-order chi connectivity index (χ0) is 13.3. The van der Waals surface area contributed by atoms with E-state index in [4.69, 9.17) is 5.73 Å². The molecule has 114 valence electrons. The minimum Gasteiger partial charge on any atom is -0.344 e. The number of carbonyl (C=O) groups is 1. The number of nitrogens with zero attached hydrogens (tertiary/aromatic N) is 1. The van der Waals surface area contributed by atoms with E-state index >= 15 is 0 Å². The molecule has 4 bridgehead atoms. The van der Waals surface area contributed by atoms with Gasteiger partial charge in [-0.3, -0.25) is 4.79 Å². The van der Waals surface area contributed by atoms with E-state index in [0.717, 1.165) is 37.1 Å². The zero-order valence-electron chi connectivity index (χ0n) is 12.4. The average Bonchev–Trinajstić information content (AvgIpc) is 3.05. The third kappa shape index (κ3) is 2.27. The van der Waals surface area contributed by atoms with Crippen LogP contribution in [0.15, 0.2) is 0 Å². The smallest absolute Gasteiger partial charge is 0.242 e. The first-order valence-corrected chi connectivity index (χ1v) is 8.03. The van der Waals surface area contributed by atoms with E-state index in [9.17, 15) is 4.79 Å². The van der Waals surface area contributed by atoms with Gasteiger partial charge in [-0.2, -0.15) is 0 Å². The average molecular weight is 299 g/mol. The summed E-state index contributed by atoms with van der Waals surface area (Å²) in [6.45, 7) is 0.967. The maximum Gasteiger partial charge on any atom is 0.242 e. The van der Waals surface area contributed by atoms with Crippen molar-refractivity contribution in [2.24, 2.45) is 28.9 Å². The molecule has 0 aromatic heterocycles. The Bertz CT molecular complexity index is 383. The standard InChI is InChI=1S/C16H26N2O.ClH/c1-18(14(19)16(17)2-3-16)10-15-7-11-4-12(8-15)6-13(5-11)9-15;/h11-13H,2-10,17H2,1H3;1H. The van der Waals surface area contributed by atoms with Gasteiger partial charge in [0.15, 0.2) is 0 Å².